The van der Waals surface area contributed by atoms with Crippen molar-refractivity contribution in [3.05, 3.63) is 34.9 Å². The maximum atomic E-state index is 11.6. The summed E-state index contributed by atoms with van der Waals surface area (Å²) in [6.45, 7) is 5.91. The van der Waals surface area contributed by atoms with Gasteiger partial charge in [0, 0.05) is 23.9 Å². The number of carbonyl (C=O) groups excluding carboxylic acids is 2. The van der Waals surface area contributed by atoms with Crippen LogP contribution in [0.5, 0.6) is 0 Å². The predicted molar refractivity (Wildman–Crippen MR) is 90.5 cm³/mol. The van der Waals surface area contributed by atoms with Gasteiger partial charge in [0.15, 0.2) is 0 Å². The lowest BCUT2D eigenvalue weighted by atomic mass is 9.94. The van der Waals surface area contributed by atoms with E-state index in [1.807, 2.05) is 32.1 Å². The zero-order chi connectivity index (χ0) is 16.4. The van der Waals surface area contributed by atoms with E-state index >= 15 is 0 Å². The third-order valence-electron chi connectivity index (χ3n) is 3.48. The summed E-state index contributed by atoms with van der Waals surface area (Å²) in [7, 11) is 0. The van der Waals surface area contributed by atoms with Crippen LogP contribution in [0.2, 0.25) is 0 Å². The SMILES string of the molecule is CC.O=C1CCC(C/C(Cl)=C/C=C/C2=CCNCC2)C(=O)N1. The predicted octanol–water partition coefficient (Wildman–Crippen LogP) is 3.05. The molecule has 122 valence electrons. The number of piperidine rings is 1. The van der Waals surface area contributed by atoms with Crippen molar-refractivity contribution in [2.45, 2.75) is 39.5 Å². The molecule has 2 N–H and O–H groups in total. The van der Waals surface area contributed by atoms with Crippen LogP contribution in [0.25, 0.3) is 0 Å². The van der Waals surface area contributed by atoms with Crippen LogP contribution in [0.4, 0.5) is 0 Å². The first-order chi connectivity index (χ1) is 10.6. The summed E-state index contributed by atoms with van der Waals surface area (Å²) in [5, 5.41) is 6.24. The van der Waals surface area contributed by atoms with Gasteiger partial charge >= 0.3 is 0 Å². The Morgan fingerprint density at radius 3 is 2.77 bits per heavy atom. The van der Waals surface area contributed by atoms with E-state index in [9.17, 15) is 9.59 Å². The maximum absolute atomic E-state index is 11.6. The molecule has 0 spiro atoms. The fourth-order valence-corrected chi connectivity index (χ4v) is 2.56. The van der Waals surface area contributed by atoms with E-state index in [4.69, 9.17) is 11.6 Å². The summed E-state index contributed by atoms with van der Waals surface area (Å²) in [6.07, 6.45) is 10.4. The van der Waals surface area contributed by atoms with Gasteiger partial charge in [-0.1, -0.05) is 43.7 Å². The van der Waals surface area contributed by atoms with Gasteiger partial charge < -0.3 is 5.32 Å². The molecule has 0 aliphatic carbocycles. The van der Waals surface area contributed by atoms with Crippen molar-refractivity contribution in [1.82, 2.24) is 10.6 Å². The largest absolute Gasteiger partial charge is 0.313 e. The van der Waals surface area contributed by atoms with Gasteiger partial charge in [0.05, 0.1) is 0 Å². The zero-order valence-electron chi connectivity index (χ0n) is 13.3. The Morgan fingerprint density at radius 1 is 1.36 bits per heavy atom. The second kappa shape index (κ2) is 10.4. The highest BCUT2D eigenvalue weighted by Gasteiger charge is 2.26. The van der Waals surface area contributed by atoms with Gasteiger partial charge in [0.25, 0.3) is 0 Å². The molecule has 2 aliphatic rings. The molecule has 2 heterocycles. The van der Waals surface area contributed by atoms with Crippen LogP contribution in [-0.2, 0) is 9.59 Å². The molecule has 2 rings (SSSR count). The molecular weight excluding hydrogens is 300 g/mol. The molecule has 0 saturated carbocycles. The van der Waals surface area contributed by atoms with Gasteiger partial charge in [-0.25, -0.2) is 0 Å². The smallest absolute Gasteiger partial charge is 0.230 e. The van der Waals surface area contributed by atoms with Gasteiger partial charge in [-0.05, 0) is 37.5 Å². The second-order valence-corrected chi connectivity index (χ2v) is 5.54. The van der Waals surface area contributed by atoms with Crippen molar-refractivity contribution in [3.63, 3.8) is 0 Å². The minimum absolute atomic E-state index is 0.191. The normalized spacial score (nSPS) is 22.8. The third-order valence-corrected chi connectivity index (χ3v) is 3.76. The molecule has 1 atom stereocenters. The number of carbonyl (C=O) groups is 2. The highest BCUT2D eigenvalue weighted by Crippen LogP contribution is 2.23. The molecule has 1 fully saturated rings. The molecule has 0 aromatic carbocycles. The van der Waals surface area contributed by atoms with Crippen LogP contribution in [0, 0.1) is 5.92 Å². The van der Waals surface area contributed by atoms with Crippen LogP contribution in [-0.4, -0.2) is 24.9 Å². The fraction of sp³-hybridized carbons (Fsp3) is 0.529. The zero-order valence-corrected chi connectivity index (χ0v) is 14.1. The first-order valence-electron chi connectivity index (χ1n) is 7.91. The number of amides is 2. The monoisotopic (exact) mass is 324 g/mol. The topological polar surface area (TPSA) is 58.2 Å². The van der Waals surface area contributed by atoms with Crippen LogP contribution in [0.1, 0.15) is 39.5 Å². The van der Waals surface area contributed by atoms with E-state index in [-0.39, 0.29) is 17.7 Å². The van der Waals surface area contributed by atoms with Crippen LogP contribution < -0.4 is 10.6 Å². The van der Waals surface area contributed by atoms with Crippen LogP contribution >= 0.6 is 11.6 Å². The maximum Gasteiger partial charge on any atom is 0.230 e. The van der Waals surface area contributed by atoms with E-state index in [1.165, 1.54) is 5.57 Å². The number of halogens is 1. The summed E-state index contributed by atoms with van der Waals surface area (Å²) in [5.41, 5.74) is 1.30. The standard InChI is InChI=1S/C15H19ClN2O2.C2H6/c16-13(3-1-2-11-6-8-17-9-7-11)10-12-4-5-14(19)18-15(12)20;1-2/h1-3,6,12,17H,4-5,7-10H2,(H,18,19,20);1-2H3/b2-1+,13-3-;. The molecule has 5 heteroatoms. The quantitative estimate of drug-likeness (QED) is 0.617. The van der Waals surface area contributed by atoms with Crippen LogP contribution in [0.15, 0.2) is 34.9 Å². The number of hydrogen-bond donors (Lipinski definition) is 2. The van der Waals surface area contributed by atoms with E-state index in [0.717, 1.165) is 19.5 Å². The van der Waals surface area contributed by atoms with Gasteiger partial charge in [0.2, 0.25) is 11.8 Å². The Labute approximate surface area is 137 Å². The third kappa shape index (κ3) is 6.58. The van der Waals surface area contributed by atoms with Crippen molar-refractivity contribution < 1.29 is 9.59 Å². The Balaban J connectivity index is 0.00000116. The van der Waals surface area contributed by atoms with Gasteiger partial charge in [0.1, 0.15) is 0 Å². The minimum Gasteiger partial charge on any atom is -0.313 e. The lowest BCUT2D eigenvalue weighted by Crippen LogP contribution is -2.40. The fourth-order valence-electron chi connectivity index (χ4n) is 2.30. The Morgan fingerprint density at radius 2 is 2.14 bits per heavy atom. The number of hydrogen-bond acceptors (Lipinski definition) is 3. The van der Waals surface area contributed by atoms with E-state index in [0.29, 0.717) is 24.3 Å². The van der Waals surface area contributed by atoms with Crippen molar-refractivity contribution in [1.29, 1.82) is 0 Å². The summed E-state index contributed by atoms with van der Waals surface area (Å²) in [4.78, 5) is 22.7. The van der Waals surface area contributed by atoms with Gasteiger partial charge in [-0.15, -0.1) is 0 Å². The number of nitrogens with one attached hydrogen (secondary N) is 2. The first kappa shape index (κ1) is 18.7. The molecule has 2 amide bonds. The van der Waals surface area contributed by atoms with Crippen molar-refractivity contribution >= 4 is 23.4 Å². The Kier molecular flexibility index (Phi) is 8.78. The molecule has 22 heavy (non-hydrogen) atoms. The van der Waals surface area contributed by atoms with E-state index in [2.05, 4.69) is 16.7 Å². The number of allylic oxidation sites excluding steroid dienone is 4. The molecule has 0 radical (unpaired) electrons. The molecule has 1 saturated heterocycles. The Hall–Kier alpha value is -1.39. The van der Waals surface area contributed by atoms with Crippen molar-refractivity contribution in [3.8, 4) is 0 Å². The van der Waals surface area contributed by atoms with Gasteiger partial charge in [-0.3, -0.25) is 14.9 Å². The molecule has 4 nitrogen and oxygen atoms in total. The second-order valence-electron chi connectivity index (χ2n) is 5.06. The average molecular weight is 325 g/mol. The van der Waals surface area contributed by atoms with Gasteiger partial charge in [-0.2, -0.15) is 0 Å². The lowest BCUT2D eigenvalue weighted by Gasteiger charge is -2.20. The molecule has 0 aromatic rings. The van der Waals surface area contributed by atoms with Crippen molar-refractivity contribution in [2.75, 3.05) is 13.1 Å². The minimum atomic E-state index is -0.210. The number of imide groups is 1. The highest BCUT2D eigenvalue weighted by molar-refractivity contribution is 6.29. The first-order valence-corrected chi connectivity index (χ1v) is 8.29. The average Bonchev–Trinajstić information content (AvgIpc) is 2.53. The summed E-state index contributed by atoms with van der Waals surface area (Å²) in [6, 6.07) is 0. The molecule has 0 bridgehead atoms. The summed E-state index contributed by atoms with van der Waals surface area (Å²) < 4.78 is 0. The van der Waals surface area contributed by atoms with E-state index < -0.39 is 0 Å². The molecular formula is C17H25ClN2O2. The number of rotatable bonds is 4. The highest BCUT2D eigenvalue weighted by atomic mass is 35.5. The van der Waals surface area contributed by atoms with Crippen LogP contribution in [0.3, 0.4) is 0 Å². The Bertz CT molecular complexity index is 481. The molecule has 2 aliphatic heterocycles. The van der Waals surface area contributed by atoms with Crippen molar-refractivity contribution in [2.24, 2.45) is 5.92 Å². The lowest BCUT2D eigenvalue weighted by molar-refractivity contribution is -0.136. The summed E-state index contributed by atoms with van der Waals surface area (Å²) in [5.74, 6) is -0.593. The van der Waals surface area contributed by atoms with E-state index in [1.54, 1.807) is 0 Å². The molecule has 1 unspecified atom stereocenters. The molecule has 0 aromatic heterocycles. The summed E-state index contributed by atoms with van der Waals surface area (Å²) >= 11 is 6.15.